The molecule has 2 aliphatic rings. The molecular formula is C20H23N3O2. The zero-order valence-electron chi connectivity index (χ0n) is 14.7. The number of hydrogen-bond acceptors (Lipinski definition) is 4. The highest BCUT2D eigenvalue weighted by Crippen LogP contribution is 2.33. The topological polar surface area (TPSA) is 54.5 Å². The van der Waals surface area contributed by atoms with E-state index >= 15 is 0 Å². The van der Waals surface area contributed by atoms with Gasteiger partial charge in [0.1, 0.15) is 5.75 Å². The summed E-state index contributed by atoms with van der Waals surface area (Å²) in [6.45, 7) is 6.41. The van der Waals surface area contributed by atoms with Crippen molar-refractivity contribution < 1.29 is 9.53 Å². The second kappa shape index (κ2) is 6.48. The minimum Gasteiger partial charge on any atom is -0.480 e. The molecule has 3 heterocycles. The Labute approximate surface area is 148 Å². The minimum atomic E-state index is -0.423. The van der Waals surface area contributed by atoms with E-state index in [0.29, 0.717) is 13.0 Å². The first-order valence-electron chi connectivity index (χ1n) is 8.81. The van der Waals surface area contributed by atoms with Gasteiger partial charge in [-0.05, 0) is 48.2 Å². The van der Waals surface area contributed by atoms with Gasteiger partial charge in [0.15, 0.2) is 6.10 Å². The number of pyridine rings is 1. The van der Waals surface area contributed by atoms with Gasteiger partial charge in [-0.1, -0.05) is 12.1 Å². The maximum atomic E-state index is 13.2. The normalized spacial score (nSPS) is 22.4. The summed E-state index contributed by atoms with van der Waals surface area (Å²) in [5.41, 5.74) is 4.63. The third-order valence-electron chi connectivity index (χ3n) is 5.22. The molecule has 0 aliphatic carbocycles. The summed E-state index contributed by atoms with van der Waals surface area (Å²) in [5, 5.41) is 3.38. The number of carbonyl (C=O) groups excluding carboxylic acids is 1. The number of fused-ring (bicyclic) bond motifs is 1. The molecule has 5 nitrogen and oxygen atoms in total. The average molecular weight is 337 g/mol. The standard InChI is InChI=1S/C20H23N3O2/c1-13-8-16-10-19(25-18(16)9-14(13)2)20(24)23-7-6-22-12-17(23)15-4-3-5-21-11-15/h3-5,8-9,11,17,19,22H,6-7,10,12H2,1-2H3. The van der Waals surface area contributed by atoms with Crippen LogP contribution in [0.2, 0.25) is 0 Å². The summed E-state index contributed by atoms with van der Waals surface area (Å²) in [5.74, 6) is 0.927. The number of hydrogen-bond donors (Lipinski definition) is 1. The van der Waals surface area contributed by atoms with Crippen molar-refractivity contribution in [3.63, 3.8) is 0 Å². The second-order valence-corrected chi connectivity index (χ2v) is 6.89. The Kier molecular flexibility index (Phi) is 4.17. The van der Waals surface area contributed by atoms with E-state index < -0.39 is 6.10 Å². The Hall–Kier alpha value is -2.40. The second-order valence-electron chi connectivity index (χ2n) is 6.89. The molecule has 0 radical (unpaired) electrons. The highest BCUT2D eigenvalue weighted by atomic mass is 16.5. The Morgan fingerprint density at radius 1 is 1.32 bits per heavy atom. The van der Waals surface area contributed by atoms with Crippen LogP contribution in [0.25, 0.3) is 0 Å². The molecule has 2 atom stereocenters. The maximum Gasteiger partial charge on any atom is 0.264 e. The molecule has 2 unspecified atom stereocenters. The molecular weight excluding hydrogens is 314 g/mol. The molecule has 1 aromatic heterocycles. The van der Waals surface area contributed by atoms with Gasteiger partial charge in [0, 0.05) is 38.4 Å². The van der Waals surface area contributed by atoms with E-state index in [2.05, 4.69) is 30.2 Å². The molecule has 25 heavy (non-hydrogen) atoms. The summed E-state index contributed by atoms with van der Waals surface area (Å²) in [7, 11) is 0. The first kappa shape index (κ1) is 16.1. The van der Waals surface area contributed by atoms with Gasteiger partial charge < -0.3 is 15.0 Å². The van der Waals surface area contributed by atoms with E-state index in [1.54, 1.807) is 6.20 Å². The zero-order valence-corrected chi connectivity index (χ0v) is 14.7. The molecule has 2 aliphatic heterocycles. The van der Waals surface area contributed by atoms with Crippen LogP contribution in [-0.2, 0) is 11.2 Å². The van der Waals surface area contributed by atoms with E-state index in [9.17, 15) is 4.79 Å². The largest absolute Gasteiger partial charge is 0.480 e. The number of carbonyl (C=O) groups is 1. The van der Waals surface area contributed by atoms with Gasteiger partial charge >= 0.3 is 0 Å². The number of rotatable bonds is 2. The molecule has 1 aromatic carbocycles. The van der Waals surface area contributed by atoms with Crippen LogP contribution >= 0.6 is 0 Å². The first-order chi connectivity index (χ1) is 12.1. The van der Waals surface area contributed by atoms with Crippen molar-refractivity contribution >= 4 is 5.91 Å². The summed E-state index contributed by atoms with van der Waals surface area (Å²) in [6.07, 6.45) is 3.83. The third-order valence-corrected chi connectivity index (χ3v) is 5.22. The molecule has 0 spiro atoms. The fraction of sp³-hybridized carbons (Fsp3) is 0.400. The molecule has 0 bridgehead atoms. The Morgan fingerprint density at radius 2 is 2.16 bits per heavy atom. The van der Waals surface area contributed by atoms with Gasteiger partial charge in [0.2, 0.25) is 0 Å². The van der Waals surface area contributed by atoms with Crippen LogP contribution in [0, 0.1) is 13.8 Å². The molecule has 2 aromatic rings. The van der Waals surface area contributed by atoms with Crippen LogP contribution in [0.4, 0.5) is 0 Å². The van der Waals surface area contributed by atoms with Gasteiger partial charge in [-0.2, -0.15) is 0 Å². The van der Waals surface area contributed by atoms with E-state index in [4.69, 9.17) is 4.74 Å². The average Bonchev–Trinajstić information content (AvgIpc) is 3.05. The number of aromatic nitrogens is 1. The van der Waals surface area contributed by atoms with Crippen LogP contribution < -0.4 is 10.1 Å². The third kappa shape index (κ3) is 3.00. The lowest BCUT2D eigenvalue weighted by Gasteiger charge is -2.37. The minimum absolute atomic E-state index is 0.00531. The Balaban J connectivity index is 1.56. The lowest BCUT2D eigenvalue weighted by molar-refractivity contribution is -0.141. The monoisotopic (exact) mass is 337 g/mol. The lowest BCUT2D eigenvalue weighted by Crippen LogP contribution is -2.52. The van der Waals surface area contributed by atoms with Crippen LogP contribution in [-0.4, -0.2) is 41.5 Å². The van der Waals surface area contributed by atoms with E-state index in [1.165, 1.54) is 11.1 Å². The zero-order chi connectivity index (χ0) is 17.4. The van der Waals surface area contributed by atoms with Crippen LogP contribution in [0.5, 0.6) is 5.75 Å². The summed E-state index contributed by atoms with van der Waals surface area (Å²) in [6, 6.07) is 8.15. The molecule has 1 amide bonds. The van der Waals surface area contributed by atoms with Crippen molar-refractivity contribution in [3.05, 3.63) is 58.9 Å². The van der Waals surface area contributed by atoms with Gasteiger partial charge in [-0.25, -0.2) is 0 Å². The summed E-state index contributed by atoms with van der Waals surface area (Å²) in [4.78, 5) is 19.3. The van der Waals surface area contributed by atoms with Crippen molar-refractivity contribution in [3.8, 4) is 5.75 Å². The van der Waals surface area contributed by atoms with Crippen LogP contribution in [0.15, 0.2) is 36.7 Å². The van der Waals surface area contributed by atoms with E-state index in [0.717, 1.165) is 30.0 Å². The number of aryl methyl sites for hydroxylation is 2. The molecule has 1 saturated heterocycles. The fourth-order valence-electron chi connectivity index (χ4n) is 3.68. The molecule has 130 valence electrons. The molecule has 4 rings (SSSR count). The molecule has 5 heteroatoms. The number of amides is 1. The van der Waals surface area contributed by atoms with Gasteiger partial charge in [0.25, 0.3) is 5.91 Å². The number of ether oxygens (including phenoxy) is 1. The fourth-order valence-corrected chi connectivity index (χ4v) is 3.68. The van der Waals surface area contributed by atoms with Crippen molar-refractivity contribution in [2.24, 2.45) is 0 Å². The number of nitrogens with zero attached hydrogens (tertiary/aromatic N) is 2. The summed E-state index contributed by atoms with van der Waals surface area (Å²) >= 11 is 0. The van der Waals surface area contributed by atoms with Crippen molar-refractivity contribution in [1.29, 1.82) is 0 Å². The van der Waals surface area contributed by atoms with Crippen molar-refractivity contribution in [2.45, 2.75) is 32.4 Å². The van der Waals surface area contributed by atoms with Crippen LogP contribution in [0.1, 0.15) is 28.3 Å². The smallest absolute Gasteiger partial charge is 0.264 e. The van der Waals surface area contributed by atoms with E-state index in [-0.39, 0.29) is 11.9 Å². The Bertz CT molecular complexity index is 760. The highest BCUT2D eigenvalue weighted by molar-refractivity contribution is 5.83. The SMILES string of the molecule is Cc1cc2c(cc1C)OC(C(=O)N1CCNCC1c1cccnc1)C2. The molecule has 0 saturated carbocycles. The predicted octanol–water partition coefficient (Wildman–Crippen LogP) is 2.18. The maximum absolute atomic E-state index is 13.2. The predicted molar refractivity (Wildman–Crippen MR) is 95.6 cm³/mol. The molecule has 1 N–H and O–H groups in total. The number of nitrogens with one attached hydrogen (secondary N) is 1. The summed E-state index contributed by atoms with van der Waals surface area (Å²) < 4.78 is 6.01. The number of piperazine rings is 1. The number of benzene rings is 1. The first-order valence-corrected chi connectivity index (χ1v) is 8.81. The van der Waals surface area contributed by atoms with Crippen molar-refractivity contribution in [1.82, 2.24) is 15.2 Å². The van der Waals surface area contributed by atoms with E-state index in [1.807, 2.05) is 29.3 Å². The lowest BCUT2D eigenvalue weighted by atomic mass is 10.0. The van der Waals surface area contributed by atoms with Gasteiger partial charge in [-0.3, -0.25) is 9.78 Å². The van der Waals surface area contributed by atoms with Gasteiger partial charge in [-0.15, -0.1) is 0 Å². The van der Waals surface area contributed by atoms with Crippen LogP contribution in [0.3, 0.4) is 0 Å². The Morgan fingerprint density at radius 3 is 2.96 bits per heavy atom. The quantitative estimate of drug-likeness (QED) is 0.913. The molecule has 1 fully saturated rings. The van der Waals surface area contributed by atoms with Gasteiger partial charge in [0.05, 0.1) is 6.04 Å². The van der Waals surface area contributed by atoms with Crippen molar-refractivity contribution in [2.75, 3.05) is 19.6 Å². The highest BCUT2D eigenvalue weighted by Gasteiger charge is 2.37.